The van der Waals surface area contributed by atoms with E-state index >= 15 is 0 Å². The van der Waals surface area contributed by atoms with Gasteiger partial charge in [-0.05, 0) is 18.6 Å². The summed E-state index contributed by atoms with van der Waals surface area (Å²) >= 11 is 0. The molecule has 0 bridgehead atoms. The molecule has 0 spiro atoms. The van der Waals surface area contributed by atoms with Crippen molar-refractivity contribution in [3.8, 4) is 0 Å². The zero-order valence-corrected chi connectivity index (χ0v) is 11.0. The number of nitrogen functional groups attached to an aromatic ring is 1. The number of esters is 1. The monoisotopic (exact) mass is 250 g/mol. The molecule has 0 radical (unpaired) electrons. The maximum atomic E-state index is 11.6. The summed E-state index contributed by atoms with van der Waals surface area (Å²) in [5.74, 6) is 0.0154. The van der Waals surface area contributed by atoms with Gasteiger partial charge in [-0.1, -0.05) is 39.0 Å². The average Bonchev–Trinajstić information content (AvgIpc) is 2.37. The highest BCUT2D eigenvalue weighted by molar-refractivity contribution is 5.89. The van der Waals surface area contributed by atoms with E-state index in [0.29, 0.717) is 18.0 Å². The zero-order valence-electron chi connectivity index (χ0n) is 11.0. The van der Waals surface area contributed by atoms with Crippen LogP contribution in [0.25, 0.3) is 0 Å². The number of nitrogens with two attached hydrogens (primary N) is 1. The molecule has 0 aliphatic carbocycles. The standard InChI is InChI=1S/C14H22N2O2/c1-2-3-4-5-6-7-10-18-14(17)12-8-9-16-13(15)11-12/h8-9,11H,2-7,10H2,1H3,(H2,15,16). The summed E-state index contributed by atoms with van der Waals surface area (Å²) in [6.07, 6.45) is 8.58. The Morgan fingerprint density at radius 1 is 1.28 bits per heavy atom. The second-order valence-electron chi connectivity index (χ2n) is 4.37. The molecule has 0 atom stereocenters. The van der Waals surface area contributed by atoms with Gasteiger partial charge in [-0.25, -0.2) is 9.78 Å². The fourth-order valence-corrected chi connectivity index (χ4v) is 1.71. The van der Waals surface area contributed by atoms with Gasteiger partial charge in [0.2, 0.25) is 0 Å². The smallest absolute Gasteiger partial charge is 0.338 e. The molecule has 0 unspecified atom stereocenters. The minimum Gasteiger partial charge on any atom is -0.462 e. The summed E-state index contributed by atoms with van der Waals surface area (Å²) in [5.41, 5.74) is 5.97. The molecule has 1 rings (SSSR count). The highest BCUT2D eigenvalue weighted by atomic mass is 16.5. The third-order valence-electron chi connectivity index (χ3n) is 2.75. The predicted octanol–water partition coefficient (Wildman–Crippen LogP) is 3.18. The Kier molecular flexibility index (Phi) is 6.84. The maximum Gasteiger partial charge on any atom is 0.338 e. The summed E-state index contributed by atoms with van der Waals surface area (Å²) in [6, 6.07) is 3.14. The van der Waals surface area contributed by atoms with Crippen molar-refractivity contribution in [3.05, 3.63) is 23.9 Å². The number of pyridine rings is 1. The minimum absolute atomic E-state index is 0.322. The van der Waals surface area contributed by atoms with E-state index in [-0.39, 0.29) is 5.97 Å². The highest BCUT2D eigenvalue weighted by Gasteiger charge is 2.06. The Morgan fingerprint density at radius 3 is 2.72 bits per heavy atom. The molecule has 0 saturated heterocycles. The minimum atomic E-state index is -0.322. The van der Waals surface area contributed by atoms with Gasteiger partial charge in [0.15, 0.2) is 0 Å². The molecule has 100 valence electrons. The number of rotatable bonds is 8. The molecule has 0 aliphatic heterocycles. The molecule has 1 aromatic rings. The van der Waals surface area contributed by atoms with Gasteiger partial charge < -0.3 is 10.5 Å². The Morgan fingerprint density at radius 2 is 2.00 bits per heavy atom. The van der Waals surface area contributed by atoms with Crippen LogP contribution in [0.15, 0.2) is 18.3 Å². The number of carbonyl (C=O) groups excluding carboxylic acids is 1. The lowest BCUT2D eigenvalue weighted by molar-refractivity contribution is 0.0497. The van der Waals surface area contributed by atoms with Gasteiger partial charge in [-0.2, -0.15) is 0 Å². The lowest BCUT2D eigenvalue weighted by Gasteiger charge is -2.05. The Balaban J connectivity index is 2.14. The average molecular weight is 250 g/mol. The van der Waals surface area contributed by atoms with Crippen LogP contribution >= 0.6 is 0 Å². The molecule has 0 aliphatic rings. The molecule has 1 heterocycles. The number of carbonyl (C=O) groups is 1. The van der Waals surface area contributed by atoms with Crippen LogP contribution < -0.4 is 5.73 Å². The number of hydrogen-bond donors (Lipinski definition) is 1. The van der Waals surface area contributed by atoms with Crippen molar-refractivity contribution in [2.75, 3.05) is 12.3 Å². The first-order chi connectivity index (χ1) is 8.74. The van der Waals surface area contributed by atoms with Gasteiger partial charge >= 0.3 is 5.97 Å². The van der Waals surface area contributed by atoms with E-state index in [0.717, 1.165) is 12.8 Å². The first-order valence-corrected chi connectivity index (χ1v) is 6.62. The maximum absolute atomic E-state index is 11.6. The van der Waals surface area contributed by atoms with E-state index < -0.39 is 0 Å². The molecule has 0 fully saturated rings. The van der Waals surface area contributed by atoms with E-state index in [4.69, 9.17) is 10.5 Å². The highest BCUT2D eigenvalue weighted by Crippen LogP contribution is 2.07. The number of aromatic nitrogens is 1. The first kappa shape index (κ1) is 14.5. The van der Waals surface area contributed by atoms with Crippen molar-refractivity contribution in [1.82, 2.24) is 4.98 Å². The molecule has 2 N–H and O–H groups in total. The van der Waals surface area contributed by atoms with E-state index in [1.165, 1.54) is 37.9 Å². The van der Waals surface area contributed by atoms with Crippen molar-refractivity contribution < 1.29 is 9.53 Å². The van der Waals surface area contributed by atoms with Crippen LogP contribution in [0.1, 0.15) is 55.8 Å². The van der Waals surface area contributed by atoms with Crippen molar-refractivity contribution in [1.29, 1.82) is 0 Å². The number of hydrogen-bond acceptors (Lipinski definition) is 4. The van der Waals surface area contributed by atoms with Crippen LogP contribution in [0.5, 0.6) is 0 Å². The quantitative estimate of drug-likeness (QED) is 0.568. The van der Waals surface area contributed by atoms with Crippen molar-refractivity contribution >= 4 is 11.8 Å². The zero-order chi connectivity index (χ0) is 13.2. The van der Waals surface area contributed by atoms with E-state index in [1.54, 1.807) is 6.07 Å². The normalized spacial score (nSPS) is 10.3. The van der Waals surface area contributed by atoms with Crippen molar-refractivity contribution in [3.63, 3.8) is 0 Å². The summed E-state index contributed by atoms with van der Waals surface area (Å²) in [7, 11) is 0. The summed E-state index contributed by atoms with van der Waals surface area (Å²) < 4.78 is 5.17. The van der Waals surface area contributed by atoms with Crippen LogP contribution in [-0.4, -0.2) is 17.6 Å². The SMILES string of the molecule is CCCCCCCCOC(=O)c1ccnc(N)c1. The Hall–Kier alpha value is -1.58. The third-order valence-corrected chi connectivity index (χ3v) is 2.75. The summed E-state index contributed by atoms with van der Waals surface area (Å²) in [6.45, 7) is 2.68. The number of ether oxygens (including phenoxy) is 1. The molecule has 4 heteroatoms. The molecular weight excluding hydrogens is 228 g/mol. The fraction of sp³-hybridized carbons (Fsp3) is 0.571. The van der Waals surface area contributed by atoms with Gasteiger partial charge in [-0.3, -0.25) is 0 Å². The van der Waals surface area contributed by atoms with Gasteiger partial charge in [0.05, 0.1) is 12.2 Å². The molecule has 4 nitrogen and oxygen atoms in total. The number of anilines is 1. The third kappa shape index (κ3) is 5.66. The molecule has 0 saturated carbocycles. The second kappa shape index (κ2) is 8.50. The van der Waals surface area contributed by atoms with Crippen LogP contribution in [0.4, 0.5) is 5.82 Å². The fourth-order valence-electron chi connectivity index (χ4n) is 1.71. The lowest BCUT2D eigenvalue weighted by atomic mass is 10.1. The molecular formula is C14H22N2O2. The van der Waals surface area contributed by atoms with E-state index in [2.05, 4.69) is 11.9 Å². The predicted molar refractivity (Wildman–Crippen MR) is 72.3 cm³/mol. The van der Waals surface area contributed by atoms with Gasteiger partial charge in [0, 0.05) is 6.20 Å². The number of unbranched alkanes of at least 4 members (excludes halogenated alkanes) is 5. The van der Waals surface area contributed by atoms with Crippen molar-refractivity contribution in [2.24, 2.45) is 0 Å². The first-order valence-electron chi connectivity index (χ1n) is 6.62. The Bertz CT molecular complexity index is 367. The van der Waals surface area contributed by atoms with E-state index in [9.17, 15) is 4.79 Å². The largest absolute Gasteiger partial charge is 0.462 e. The second-order valence-corrected chi connectivity index (χ2v) is 4.37. The molecule has 18 heavy (non-hydrogen) atoms. The summed E-state index contributed by atoms with van der Waals surface area (Å²) in [5, 5.41) is 0. The molecule has 1 aromatic heterocycles. The number of nitrogens with zero attached hydrogens (tertiary/aromatic N) is 1. The molecule has 0 aromatic carbocycles. The van der Waals surface area contributed by atoms with Crippen LogP contribution in [-0.2, 0) is 4.74 Å². The lowest BCUT2D eigenvalue weighted by Crippen LogP contribution is -2.07. The molecule has 0 amide bonds. The van der Waals surface area contributed by atoms with E-state index in [1.807, 2.05) is 0 Å². The van der Waals surface area contributed by atoms with Gasteiger partial charge in [-0.15, -0.1) is 0 Å². The van der Waals surface area contributed by atoms with Gasteiger partial charge in [0.1, 0.15) is 5.82 Å². The van der Waals surface area contributed by atoms with Crippen LogP contribution in [0, 0.1) is 0 Å². The van der Waals surface area contributed by atoms with Gasteiger partial charge in [0.25, 0.3) is 0 Å². The summed E-state index contributed by atoms with van der Waals surface area (Å²) in [4.78, 5) is 15.5. The van der Waals surface area contributed by atoms with Crippen LogP contribution in [0.2, 0.25) is 0 Å². The Labute approximate surface area is 109 Å². The van der Waals surface area contributed by atoms with Crippen LogP contribution in [0.3, 0.4) is 0 Å². The topological polar surface area (TPSA) is 65.2 Å². The van der Waals surface area contributed by atoms with Crippen molar-refractivity contribution in [2.45, 2.75) is 45.4 Å².